The fraction of sp³-hybridized carbons (Fsp3) is 0.278. The van der Waals surface area contributed by atoms with E-state index in [0.717, 1.165) is 29.7 Å². The third-order valence-electron chi connectivity index (χ3n) is 4.11. The Hall–Kier alpha value is -2.32. The van der Waals surface area contributed by atoms with E-state index in [-0.39, 0.29) is 12.0 Å². The first-order valence-electron chi connectivity index (χ1n) is 8.01. The van der Waals surface area contributed by atoms with E-state index >= 15 is 0 Å². The number of fused-ring (bicyclic) bond motifs is 1. The smallest absolute Gasteiger partial charge is 0.239 e. The molecule has 26 heavy (non-hydrogen) atoms. The van der Waals surface area contributed by atoms with Crippen LogP contribution in [-0.2, 0) is 31.7 Å². The molecule has 3 rings (SSSR count). The number of hydrogen-bond donors (Lipinski definition) is 1. The zero-order valence-corrected chi connectivity index (χ0v) is 14.6. The molecule has 1 aliphatic heterocycles. The quantitative estimate of drug-likeness (QED) is 0.864. The van der Waals surface area contributed by atoms with Gasteiger partial charge in [-0.15, -0.1) is 0 Å². The van der Waals surface area contributed by atoms with Gasteiger partial charge < -0.3 is 4.74 Å². The summed E-state index contributed by atoms with van der Waals surface area (Å²) in [5, 5.41) is 0. The number of hydrogen-bond acceptors (Lipinski definition) is 4. The highest BCUT2D eigenvalue weighted by molar-refractivity contribution is 7.89. The monoisotopic (exact) mass is 381 g/mol. The van der Waals surface area contributed by atoms with Gasteiger partial charge in [-0.3, -0.25) is 9.52 Å². The summed E-state index contributed by atoms with van der Waals surface area (Å²) in [4.78, 5) is 12.1. The molecule has 1 unspecified atom stereocenters. The Kier molecular flexibility index (Phi) is 5.33. The van der Waals surface area contributed by atoms with Crippen LogP contribution in [0.15, 0.2) is 42.5 Å². The van der Waals surface area contributed by atoms with Crippen molar-refractivity contribution >= 4 is 15.9 Å². The number of benzene rings is 2. The highest BCUT2D eigenvalue weighted by Gasteiger charge is 2.26. The van der Waals surface area contributed by atoms with Crippen LogP contribution < -0.4 is 4.72 Å². The fourth-order valence-corrected chi connectivity index (χ4v) is 4.06. The number of ether oxygens (including phenoxy) is 1. The van der Waals surface area contributed by atoms with Crippen LogP contribution in [0.1, 0.15) is 29.2 Å². The van der Waals surface area contributed by atoms with Crippen molar-refractivity contribution in [3.63, 3.8) is 0 Å². The molecule has 1 aliphatic rings. The molecular formula is C18H17F2NO4S. The van der Waals surface area contributed by atoms with Crippen LogP contribution in [0.4, 0.5) is 8.78 Å². The highest BCUT2D eigenvalue weighted by atomic mass is 32.2. The van der Waals surface area contributed by atoms with E-state index in [1.54, 1.807) is 0 Å². The predicted molar refractivity (Wildman–Crippen MR) is 90.6 cm³/mol. The molecule has 0 aromatic heterocycles. The third-order valence-corrected chi connectivity index (χ3v) is 5.34. The molecule has 0 spiro atoms. The first-order valence-corrected chi connectivity index (χ1v) is 9.66. The summed E-state index contributed by atoms with van der Waals surface area (Å²) in [7, 11) is -4.16. The lowest BCUT2D eigenvalue weighted by Gasteiger charge is -2.25. The highest BCUT2D eigenvalue weighted by Crippen LogP contribution is 2.29. The Bertz CT molecular complexity index is 931. The second-order valence-corrected chi connectivity index (χ2v) is 7.73. The van der Waals surface area contributed by atoms with Crippen LogP contribution in [0.5, 0.6) is 0 Å². The first kappa shape index (κ1) is 18.5. The summed E-state index contributed by atoms with van der Waals surface area (Å²) in [6, 6.07) is 10.7. The molecule has 0 aliphatic carbocycles. The Labute approximate surface area is 150 Å². The fourth-order valence-electron chi connectivity index (χ4n) is 2.93. The van der Waals surface area contributed by atoms with E-state index in [4.69, 9.17) is 4.74 Å². The zero-order chi connectivity index (χ0) is 18.7. The number of amides is 1. The maximum absolute atomic E-state index is 13.6. The molecular weight excluding hydrogens is 364 g/mol. The van der Waals surface area contributed by atoms with E-state index < -0.39 is 39.4 Å². The standard InChI is InChI=1S/C18H17F2NO4S/c19-15-7-3-5-13(18(15)20)11-26(23,24)21-17(22)10-16-14-6-2-1-4-12(14)8-9-25-16/h1-7,16H,8-11H2,(H,21,22). The van der Waals surface area contributed by atoms with Gasteiger partial charge in [0.25, 0.3) is 0 Å². The second kappa shape index (κ2) is 7.51. The number of rotatable bonds is 5. The average molecular weight is 381 g/mol. The molecule has 2 aromatic carbocycles. The van der Waals surface area contributed by atoms with Gasteiger partial charge in [-0.05, 0) is 23.6 Å². The lowest BCUT2D eigenvalue weighted by atomic mass is 9.96. The Balaban J connectivity index is 1.67. The van der Waals surface area contributed by atoms with Crippen molar-refractivity contribution in [2.24, 2.45) is 0 Å². The molecule has 0 bridgehead atoms. The Morgan fingerprint density at radius 3 is 2.73 bits per heavy atom. The summed E-state index contributed by atoms with van der Waals surface area (Å²) < 4.78 is 58.5. The summed E-state index contributed by atoms with van der Waals surface area (Å²) in [6.45, 7) is 0.441. The lowest BCUT2D eigenvalue weighted by Crippen LogP contribution is -2.33. The zero-order valence-electron chi connectivity index (χ0n) is 13.7. The number of sulfonamides is 1. The van der Waals surface area contributed by atoms with E-state index in [0.29, 0.717) is 6.61 Å². The van der Waals surface area contributed by atoms with Gasteiger partial charge in [-0.25, -0.2) is 17.2 Å². The van der Waals surface area contributed by atoms with E-state index in [1.165, 1.54) is 6.07 Å². The van der Waals surface area contributed by atoms with Gasteiger partial charge in [0.05, 0.1) is 24.9 Å². The van der Waals surface area contributed by atoms with E-state index in [9.17, 15) is 22.0 Å². The molecule has 2 aromatic rings. The summed E-state index contributed by atoms with van der Waals surface area (Å²) >= 11 is 0. The minimum atomic E-state index is -4.16. The number of carbonyl (C=O) groups is 1. The van der Waals surface area contributed by atoms with Crippen LogP contribution in [0.25, 0.3) is 0 Å². The maximum atomic E-state index is 13.6. The average Bonchev–Trinajstić information content (AvgIpc) is 2.58. The molecule has 1 atom stereocenters. The van der Waals surface area contributed by atoms with Crippen molar-refractivity contribution in [1.29, 1.82) is 0 Å². The third kappa shape index (κ3) is 4.25. The Morgan fingerprint density at radius 1 is 1.15 bits per heavy atom. The van der Waals surface area contributed by atoms with Gasteiger partial charge in [0.15, 0.2) is 11.6 Å². The molecule has 0 radical (unpaired) electrons. The van der Waals surface area contributed by atoms with Gasteiger partial charge in [0, 0.05) is 5.56 Å². The predicted octanol–water partition coefficient (Wildman–Crippen LogP) is 2.61. The van der Waals surface area contributed by atoms with Crippen LogP contribution in [0.2, 0.25) is 0 Å². The molecule has 0 saturated heterocycles. The van der Waals surface area contributed by atoms with Crippen molar-refractivity contribution in [1.82, 2.24) is 4.72 Å². The van der Waals surface area contributed by atoms with Gasteiger partial charge in [0.1, 0.15) is 0 Å². The summed E-state index contributed by atoms with van der Waals surface area (Å²) in [5.74, 6) is -3.97. The van der Waals surface area contributed by atoms with Crippen LogP contribution in [0, 0.1) is 11.6 Å². The number of halogens is 2. The molecule has 0 saturated carbocycles. The topological polar surface area (TPSA) is 72.5 Å². The minimum Gasteiger partial charge on any atom is -0.373 e. The van der Waals surface area contributed by atoms with Crippen LogP contribution >= 0.6 is 0 Å². The van der Waals surface area contributed by atoms with Gasteiger partial charge >= 0.3 is 0 Å². The molecule has 1 amide bonds. The normalized spacial score (nSPS) is 16.8. The van der Waals surface area contributed by atoms with Gasteiger partial charge in [0.2, 0.25) is 15.9 Å². The summed E-state index contributed by atoms with van der Waals surface area (Å²) in [5.41, 5.74) is 1.56. The van der Waals surface area contributed by atoms with Crippen molar-refractivity contribution in [3.8, 4) is 0 Å². The second-order valence-electron chi connectivity index (χ2n) is 6.01. The van der Waals surface area contributed by atoms with Crippen molar-refractivity contribution in [3.05, 3.63) is 70.8 Å². The van der Waals surface area contributed by atoms with E-state index in [2.05, 4.69) is 0 Å². The molecule has 1 heterocycles. The molecule has 1 N–H and O–H groups in total. The largest absolute Gasteiger partial charge is 0.373 e. The maximum Gasteiger partial charge on any atom is 0.239 e. The van der Waals surface area contributed by atoms with Crippen LogP contribution in [0.3, 0.4) is 0 Å². The van der Waals surface area contributed by atoms with Crippen LogP contribution in [-0.4, -0.2) is 20.9 Å². The van der Waals surface area contributed by atoms with Gasteiger partial charge in [-0.1, -0.05) is 36.4 Å². The molecule has 0 fully saturated rings. The lowest BCUT2D eigenvalue weighted by molar-refractivity contribution is -0.122. The SMILES string of the molecule is O=C(CC1OCCc2ccccc21)NS(=O)(=O)Cc1cccc(F)c1F. The van der Waals surface area contributed by atoms with Crippen molar-refractivity contribution in [2.45, 2.75) is 24.7 Å². The molecule has 8 heteroatoms. The summed E-state index contributed by atoms with van der Waals surface area (Å²) in [6.07, 6.45) is 0.00823. The number of nitrogens with one attached hydrogen (secondary N) is 1. The number of carbonyl (C=O) groups excluding carboxylic acids is 1. The van der Waals surface area contributed by atoms with Crippen molar-refractivity contribution < 1.29 is 26.7 Å². The van der Waals surface area contributed by atoms with Gasteiger partial charge in [-0.2, -0.15) is 0 Å². The Morgan fingerprint density at radius 2 is 1.92 bits per heavy atom. The molecule has 5 nitrogen and oxygen atoms in total. The first-order chi connectivity index (χ1) is 12.4. The molecule has 138 valence electrons. The minimum absolute atomic E-state index is 0.179. The van der Waals surface area contributed by atoms with E-state index in [1.807, 2.05) is 29.0 Å². The van der Waals surface area contributed by atoms with Crippen molar-refractivity contribution in [2.75, 3.05) is 6.61 Å².